The van der Waals surface area contributed by atoms with Gasteiger partial charge in [0.1, 0.15) is 43.5 Å². The summed E-state index contributed by atoms with van der Waals surface area (Å²) in [7, 11) is 0. The van der Waals surface area contributed by atoms with E-state index in [1.807, 2.05) is 42.5 Å². The largest absolute Gasteiger partial charge is 0.489 e. The molecule has 0 saturated carbocycles. The summed E-state index contributed by atoms with van der Waals surface area (Å²) in [5.41, 5.74) is 2.94. The number of fused-ring (bicyclic) bond motifs is 1. The van der Waals surface area contributed by atoms with Crippen LogP contribution in [0.3, 0.4) is 0 Å². The van der Waals surface area contributed by atoms with Crippen molar-refractivity contribution in [1.29, 1.82) is 5.26 Å². The van der Waals surface area contributed by atoms with E-state index in [1.165, 1.54) is 6.92 Å². The zero-order chi connectivity index (χ0) is 31.1. The highest BCUT2D eigenvalue weighted by molar-refractivity contribution is 6.34. The number of aliphatic carboxylic acids is 1. The van der Waals surface area contributed by atoms with E-state index in [0.717, 1.165) is 22.3 Å². The maximum Gasteiger partial charge on any atom is 0.326 e. The Hall–Kier alpha value is -4.75. The van der Waals surface area contributed by atoms with Crippen molar-refractivity contribution in [2.45, 2.75) is 32.2 Å². The average Bonchev–Trinajstić information content (AvgIpc) is 3.06. The first-order chi connectivity index (χ1) is 21.3. The summed E-state index contributed by atoms with van der Waals surface area (Å²) in [6.07, 6.45) is 0. The Kier molecular flexibility index (Phi) is 9.56. The third-order valence-electron chi connectivity index (χ3n) is 7.27. The summed E-state index contributed by atoms with van der Waals surface area (Å²) < 4.78 is 23.6. The zero-order valence-electron chi connectivity index (χ0n) is 24.0. The molecule has 0 amide bonds. The Morgan fingerprint density at radius 1 is 0.977 bits per heavy atom. The van der Waals surface area contributed by atoms with Crippen LogP contribution in [0.2, 0.25) is 5.02 Å². The number of halogens is 1. The van der Waals surface area contributed by atoms with Crippen LogP contribution in [0.25, 0.3) is 11.1 Å². The third kappa shape index (κ3) is 7.06. The van der Waals surface area contributed by atoms with Crippen molar-refractivity contribution in [3.63, 3.8) is 0 Å². The summed E-state index contributed by atoms with van der Waals surface area (Å²) in [6, 6.07) is 25.9. The molecule has 0 unspecified atom stereocenters. The van der Waals surface area contributed by atoms with Crippen LogP contribution in [-0.4, -0.2) is 41.5 Å². The Balaban J connectivity index is 1.35. The summed E-state index contributed by atoms with van der Waals surface area (Å²) in [5.74, 6) is 1.17. The van der Waals surface area contributed by atoms with Crippen LogP contribution in [0.15, 0.2) is 78.9 Å². The number of nitrogens with zero attached hydrogens (tertiary/aromatic N) is 1. The lowest BCUT2D eigenvalue weighted by Gasteiger charge is -2.24. The molecule has 1 atom stereocenters. The van der Waals surface area contributed by atoms with Gasteiger partial charge in [0.2, 0.25) is 0 Å². The molecule has 0 radical (unpaired) electrons. The van der Waals surface area contributed by atoms with Crippen LogP contribution in [0.1, 0.15) is 29.2 Å². The first kappa shape index (κ1) is 30.7. The minimum atomic E-state index is -1.54. The Morgan fingerprint density at radius 2 is 1.77 bits per heavy atom. The fraction of sp³-hybridized carbons (Fsp3) is 0.235. The topological polar surface area (TPSA) is 130 Å². The third-order valence-corrected chi connectivity index (χ3v) is 7.72. The molecule has 0 saturated heterocycles. The molecule has 1 aliphatic heterocycles. The maximum atomic E-state index is 11.7. The minimum absolute atomic E-state index is 0.112. The number of carboxylic acids is 1. The number of aliphatic hydroxyl groups is 1. The normalized spacial score (nSPS) is 13.4. The molecular weight excluding hydrogens is 584 g/mol. The number of ether oxygens (including phenoxy) is 4. The van der Waals surface area contributed by atoms with E-state index in [1.54, 1.807) is 36.4 Å². The first-order valence-electron chi connectivity index (χ1n) is 13.9. The molecule has 3 N–H and O–H groups in total. The molecule has 1 aliphatic rings. The van der Waals surface area contributed by atoms with E-state index in [2.05, 4.69) is 11.4 Å². The van der Waals surface area contributed by atoms with Crippen LogP contribution < -0.4 is 24.3 Å². The standard InChI is InChI=1S/C34H31ClN2O7/c1-34(21-38,33(39)40)37-18-25-8-10-27(16-30(25)44-19-23-5-2-4-22(14-23)17-36)43-20-26-6-3-7-28(32(26)35)24-9-11-29-31(15-24)42-13-12-41-29/h2-11,14-16,37-38H,12-13,18-21H2,1H3,(H,39,40)/t34-/m1/s1. The lowest BCUT2D eigenvalue weighted by atomic mass is 10.0. The van der Waals surface area contributed by atoms with Crippen molar-refractivity contribution < 1.29 is 34.0 Å². The van der Waals surface area contributed by atoms with Crippen LogP contribution in [-0.2, 0) is 24.6 Å². The van der Waals surface area contributed by atoms with Gasteiger partial charge in [-0.2, -0.15) is 5.26 Å². The van der Waals surface area contributed by atoms with Crippen LogP contribution in [0, 0.1) is 11.3 Å². The number of benzene rings is 4. The maximum absolute atomic E-state index is 11.7. The van der Waals surface area contributed by atoms with Gasteiger partial charge in [-0.1, -0.05) is 54.1 Å². The average molecular weight is 615 g/mol. The van der Waals surface area contributed by atoms with Crippen molar-refractivity contribution in [2.75, 3.05) is 19.8 Å². The highest BCUT2D eigenvalue weighted by Gasteiger charge is 2.32. The van der Waals surface area contributed by atoms with E-state index >= 15 is 0 Å². The number of carbonyl (C=O) groups is 1. The van der Waals surface area contributed by atoms with E-state index in [4.69, 9.17) is 30.5 Å². The van der Waals surface area contributed by atoms with Gasteiger partial charge in [0.25, 0.3) is 0 Å². The summed E-state index contributed by atoms with van der Waals surface area (Å²) in [5, 5.41) is 31.9. The summed E-state index contributed by atoms with van der Waals surface area (Å²) >= 11 is 6.84. The Morgan fingerprint density at radius 3 is 2.55 bits per heavy atom. The van der Waals surface area contributed by atoms with E-state index < -0.39 is 18.1 Å². The molecule has 226 valence electrons. The predicted octanol–water partition coefficient (Wildman–Crippen LogP) is 5.73. The molecule has 1 heterocycles. The number of nitriles is 1. The van der Waals surface area contributed by atoms with Crippen molar-refractivity contribution in [1.82, 2.24) is 5.32 Å². The number of hydrogen-bond acceptors (Lipinski definition) is 8. The van der Waals surface area contributed by atoms with Gasteiger partial charge in [0.15, 0.2) is 11.5 Å². The van der Waals surface area contributed by atoms with Gasteiger partial charge in [-0.15, -0.1) is 0 Å². The highest BCUT2D eigenvalue weighted by Crippen LogP contribution is 2.38. The van der Waals surface area contributed by atoms with Crippen molar-refractivity contribution in [3.8, 4) is 40.2 Å². The van der Waals surface area contributed by atoms with Gasteiger partial charge >= 0.3 is 5.97 Å². The van der Waals surface area contributed by atoms with Crippen LogP contribution in [0.5, 0.6) is 23.0 Å². The van der Waals surface area contributed by atoms with Gasteiger partial charge < -0.3 is 29.2 Å². The van der Waals surface area contributed by atoms with Crippen molar-refractivity contribution in [3.05, 3.63) is 106 Å². The number of hydrogen-bond donors (Lipinski definition) is 3. The lowest BCUT2D eigenvalue weighted by molar-refractivity contribution is -0.145. The number of aliphatic hydroxyl groups excluding tert-OH is 1. The molecule has 0 aliphatic carbocycles. The van der Waals surface area contributed by atoms with Crippen molar-refractivity contribution in [2.24, 2.45) is 0 Å². The summed E-state index contributed by atoms with van der Waals surface area (Å²) in [6.45, 7) is 2.29. The zero-order valence-corrected chi connectivity index (χ0v) is 24.8. The van der Waals surface area contributed by atoms with Crippen molar-refractivity contribution >= 4 is 17.6 Å². The fourth-order valence-electron chi connectivity index (χ4n) is 4.57. The molecule has 0 bridgehead atoms. The van der Waals surface area contributed by atoms with Crippen LogP contribution in [0.4, 0.5) is 0 Å². The molecule has 4 aromatic rings. The van der Waals surface area contributed by atoms with Crippen LogP contribution >= 0.6 is 11.6 Å². The van der Waals surface area contributed by atoms with E-state index in [-0.39, 0.29) is 19.8 Å². The minimum Gasteiger partial charge on any atom is -0.489 e. The predicted molar refractivity (Wildman–Crippen MR) is 164 cm³/mol. The molecule has 0 spiro atoms. The molecule has 5 rings (SSSR count). The fourth-order valence-corrected chi connectivity index (χ4v) is 4.86. The second-order valence-electron chi connectivity index (χ2n) is 10.4. The molecule has 4 aromatic carbocycles. The highest BCUT2D eigenvalue weighted by atomic mass is 35.5. The smallest absolute Gasteiger partial charge is 0.326 e. The van der Waals surface area contributed by atoms with Gasteiger partial charge in [0, 0.05) is 29.3 Å². The van der Waals surface area contributed by atoms with E-state index in [9.17, 15) is 20.3 Å². The number of rotatable bonds is 12. The quantitative estimate of drug-likeness (QED) is 0.183. The molecule has 10 heteroatoms. The van der Waals surface area contributed by atoms with Gasteiger partial charge in [-0.3, -0.25) is 10.1 Å². The van der Waals surface area contributed by atoms with Gasteiger partial charge in [-0.05, 0) is 48.4 Å². The molecule has 9 nitrogen and oxygen atoms in total. The lowest BCUT2D eigenvalue weighted by Crippen LogP contribution is -2.52. The molecule has 0 aromatic heterocycles. The molecule has 44 heavy (non-hydrogen) atoms. The molecule has 0 fully saturated rings. The first-order valence-corrected chi connectivity index (χ1v) is 14.3. The Bertz CT molecular complexity index is 1700. The number of nitrogens with one attached hydrogen (secondary N) is 1. The van der Waals surface area contributed by atoms with Gasteiger partial charge in [-0.25, -0.2) is 0 Å². The SMILES string of the molecule is C[C@](CO)(NCc1ccc(OCc2cccc(-c3ccc4c(c3)OCCO4)c2Cl)cc1OCc1cccc(C#N)c1)C(=O)O. The van der Waals surface area contributed by atoms with E-state index in [0.29, 0.717) is 52.4 Å². The monoisotopic (exact) mass is 614 g/mol. The number of carboxylic acid groups (broad SMARTS) is 1. The second kappa shape index (κ2) is 13.7. The second-order valence-corrected chi connectivity index (χ2v) is 10.8. The summed E-state index contributed by atoms with van der Waals surface area (Å²) in [4.78, 5) is 11.7. The Labute approximate surface area is 260 Å². The molecular formula is C34H31ClN2O7. The van der Waals surface area contributed by atoms with Gasteiger partial charge in [0.05, 0.1) is 23.3 Å².